The third kappa shape index (κ3) is 2.84. The molecule has 2 N–H and O–H groups in total. The molecule has 0 fully saturated rings. The van der Waals surface area contributed by atoms with Crippen LogP contribution in [0.2, 0.25) is 0 Å². The second kappa shape index (κ2) is 6.25. The highest BCUT2D eigenvalue weighted by Crippen LogP contribution is 2.21. The Labute approximate surface area is 147 Å². The fourth-order valence-corrected chi connectivity index (χ4v) is 2.80. The standard InChI is InChI=1S/C18H14N6O2/c1-24-17(21-22-23-24)11-5-4-6-12(9-11)19-18(26)14-10-16(25)20-15-8-3-2-7-13(14)15/h2-10H,1H3,(H,19,26)(H,20,25). The van der Waals surface area contributed by atoms with E-state index in [0.717, 1.165) is 5.56 Å². The van der Waals surface area contributed by atoms with Crippen molar-refractivity contribution >= 4 is 22.5 Å². The summed E-state index contributed by atoms with van der Waals surface area (Å²) in [5.74, 6) is 0.225. The van der Waals surface area contributed by atoms with E-state index in [9.17, 15) is 9.59 Å². The van der Waals surface area contributed by atoms with Crippen LogP contribution in [-0.2, 0) is 7.05 Å². The van der Waals surface area contributed by atoms with Crippen LogP contribution in [0.15, 0.2) is 59.4 Å². The predicted octanol–water partition coefficient (Wildman–Crippen LogP) is 1.97. The number of aromatic amines is 1. The minimum atomic E-state index is -0.361. The van der Waals surface area contributed by atoms with E-state index >= 15 is 0 Å². The Bertz CT molecular complexity index is 1180. The average molecular weight is 346 g/mol. The Morgan fingerprint density at radius 2 is 1.96 bits per heavy atom. The summed E-state index contributed by atoms with van der Waals surface area (Å²) < 4.78 is 1.55. The van der Waals surface area contributed by atoms with Gasteiger partial charge in [-0.2, -0.15) is 0 Å². The molecule has 4 rings (SSSR count). The lowest BCUT2D eigenvalue weighted by atomic mass is 10.1. The number of hydrogen-bond donors (Lipinski definition) is 2. The first-order valence-electron chi connectivity index (χ1n) is 7.88. The molecule has 0 saturated carbocycles. The van der Waals surface area contributed by atoms with Crippen LogP contribution in [-0.4, -0.2) is 31.1 Å². The molecule has 0 spiro atoms. The van der Waals surface area contributed by atoms with Gasteiger partial charge in [-0.05, 0) is 28.6 Å². The first-order valence-corrected chi connectivity index (χ1v) is 7.88. The molecule has 128 valence electrons. The molecular weight excluding hydrogens is 332 g/mol. The molecule has 0 bridgehead atoms. The Hall–Kier alpha value is -3.81. The van der Waals surface area contributed by atoms with E-state index in [0.29, 0.717) is 28.0 Å². The zero-order valence-corrected chi connectivity index (χ0v) is 13.8. The van der Waals surface area contributed by atoms with Gasteiger partial charge in [0.1, 0.15) is 0 Å². The number of nitrogens with one attached hydrogen (secondary N) is 2. The zero-order valence-electron chi connectivity index (χ0n) is 13.8. The number of fused-ring (bicyclic) bond motifs is 1. The quantitative estimate of drug-likeness (QED) is 0.590. The molecule has 0 atom stereocenters. The van der Waals surface area contributed by atoms with E-state index in [1.165, 1.54) is 6.07 Å². The number of benzene rings is 2. The molecule has 26 heavy (non-hydrogen) atoms. The van der Waals surface area contributed by atoms with Gasteiger partial charge in [0.05, 0.1) is 5.56 Å². The van der Waals surface area contributed by atoms with E-state index in [2.05, 4.69) is 25.8 Å². The molecule has 2 heterocycles. The average Bonchev–Trinajstić information content (AvgIpc) is 3.07. The zero-order chi connectivity index (χ0) is 18.1. The number of para-hydroxylation sites is 1. The van der Waals surface area contributed by atoms with Crippen LogP contribution in [0, 0.1) is 0 Å². The molecule has 0 unspecified atom stereocenters. The number of amides is 1. The number of rotatable bonds is 3. The normalized spacial score (nSPS) is 10.8. The highest BCUT2D eigenvalue weighted by molar-refractivity contribution is 6.12. The number of hydrogen-bond acceptors (Lipinski definition) is 5. The largest absolute Gasteiger partial charge is 0.322 e. The fourth-order valence-electron chi connectivity index (χ4n) is 2.80. The molecule has 0 aliphatic rings. The number of carbonyl (C=O) groups excluding carboxylic acids is 1. The fraction of sp³-hybridized carbons (Fsp3) is 0.0556. The molecule has 2 aromatic heterocycles. The number of tetrazole rings is 1. The molecule has 4 aromatic rings. The number of nitrogens with zero attached hydrogens (tertiary/aromatic N) is 4. The van der Waals surface area contributed by atoms with Gasteiger partial charge in [0.2, 0.25) is 5.56 Å². The van der Waals surface area contributed by atoms with Gasteiger partial charge in [-0.15, -0.1) is 5.10 Å². The summed E-state index contributed by atoms with van der Waals surface area (Å²) in [6.45, 7) is 0. The molecule has 0 aliphatic heterocycles. The second-order valence-electron chi connectivity index (χ2n) is 5.75. The van der Waals surface area contributed by atoms with Gasteiger partial charge in [-0.25, -0.2) is 4.68 Å². The molecule has 0 saturated heterocycles. The SMILES string of the molecule is Cn1nnnc1-c1cccc(NC(=O)c2cc(=O)[nH]c3ccccc23)c1. The van der Waals surface area contributed by atoms with E-state index in [1.807, 2.05) is 12.1 Å². The minimum absolute atomic E-state index is 0.315. The van der Waals surface area contributed by atoms with Gasteiger partial charge in [0, 0.05) is 35.3 Å². The van der Waals surface area contributed by atoms with Crippen molar-refractivity contribution in [2.45, 2.75) is 0 Å². The third-order valence-corrected chi connectivity index (χ3v) is 3.99. The summed E-state index contributed by atoms with van der Waals surface area (Å²) in [6, 6.07) is 15.7. The first kappa shape index (κ1) is 15.7. The van der Waals surface area contributed by atoms with Gasteiger partial charge in [-0.3, -0.25) is 9.59 Å². The highest BCUT2D eigenvalue weighted by atomic mass is 16.2. The predicted molar refractivity (Wildman–Crippen MR) is 96.8 cm³/mol. The second-order valence-corrected chi connectivity index (χ2v) is 5.75. The maximum absolute atomic E-state index is 12.7. The lowest BCUT2D eigenvalue weighted by molar-refractivity contribution is 0.102. The lowest BCUT2D eigenvalue weighted by Crippen LogP contribution is -2.16. The van der Waals surface area contributed by atoms with E-state index < -0.39 is 0 Å². The van der Waals surface area contributed by atoms with Crippen LogP contribution in [0.1, 0.15) is 10.4 Å². The Balaban J connectivity index is 1.70. The van der Waals surface area contributed by atoms with Crippen LogP contribution < -0.4 is 10.9 Å². The van der Waals surface area contributed by atoms with Crippen molar-refractivity contribution in [3.63, 3.8) is 0 Å². The summed E-state index contributed by atoms with van der Waals surface area (Å²) in [4.78, 5) is 27.3. The third-order valence-electron chi connectivity index (χ3n) is 3.99. The van der Waals surface area contributed by atoms with Gasteiger partial charge in [0.25, 0.3) is 5.91 Å². The van der Waals surface area contributed by atoms with Gasteiger partial charge in [0.15, 0.2) is 5.82 Å². The topological polar surface area (TPSA) is 106 Å². The molecule has 0 radical (unpaired) electrons. The Kier molecular flexibility index (Phi) is 3.77. The van der Waals surface area contributed by atoms with Crippen LogP contribution in [0.4, 0.5) is 5.69 Å². The highest BCUT2D eigenvalue weighted by Gasteiger charge is 2.13. The molecule has 8 nitrogen and oxygen atoms in total. The van der Waals surface area contributed by atoms with Crippen LogP contribution in [0.25, 0.3) is 22.3 Å². The number of aryl methyl sites for hydroxylation is 1. The molecule has 8 heteroatoms. The summed E-state index contributed by atoms with van der Waals surface area (Å²) in [6.07, 6.45) is 0. The molecule has 1 amide bonds. The number of aromatic nitrogens is 5. The maximum atomic E-state index is 12.7. The van der Waals surface area contributed by atoms with Crippen molar-refractivity contribution in [2.24, 2.45) is 7.05 Å². The van der Waals surface area contributed by atoms with Crippen molar-refractivity contribution < 1.29 is 4.79 Å². The van der Waals surface area contributed by atoms with Crippen LogP contribution >= 0.6 is 0 Å². The van der Waals surface area contributed by atoms with Crippen molar-refractivity contribution in [1.29, 1.82) is 0 Å². The van der Waals surface area contributed by atoms with E-state index in [1.54, 1.807) is 48.1 Å². The van der Waals surface area contributed by atoms with Gasteiger partial charge >= 0.3 is 0 Å². The smallest absolute Gasteiger partial charge is 0.256 e. The molecule has 0 aliphatic carbocycles. The first-order chi connectivity index (χ1) is 12.6. The Morgan fingerprint density at radius 3 is 2.77 bits per heavy atom. The van der Waals surface area contributed by atoms with Crippen LogP contribution in [0.3, 0.4) is 0 Å². The van der Waals surface area contributed by atoms with Crippen molar-refractivity contribution in [3.8, 4) is 11.4 Å². The maximum Gasteiger partial charge on any atom is 0.256 e. The van der Waals surface area contributed by atoms with Crippen LogP contribution in [0.5, 0.6) is 0 Å². The summed E-state index contributed by atoms with van der Waals surface area (Å²) in [5, 5.41) is 14.9. The lowest BCUT2D eigenvalue weighted by Gasteiger charge is -2.09. The number of carbonyl (C=O) groups is 1. The number of pyridine rings is 1. The molecule has 2 aromatic carbocycles. The van der Waals surface area contributed by atoms with E-state index in [4.69, 9.17) is 0 Å². The molecular formula is C18H14N6O2. The monoisotopic (exact) mass is 346 g/mol. The van der Waals surface area contributed by atoms with E-state index in [-0.39, 0.29) is 11.5 Å². The van der Waals surface area contributed by atoms with Crippen molar-refractivity contribution in [2.75, 3.05) is 5.32 Å². The number of H-pyrrole nitrogens is 1. The van der Waals surface area contributed by atoms with Gasteiger partial charge in [-0.1, -0.05) is 30.3 Å². The minimum Gasteiger partial charge on any atom is -0.322 e. The van der Waals surface area contributed by atoms with Gasteiger partial charge < -0.3 is 10.3 Å². The Morgan fingerprint density at radius 1 is 1.12 bits per heavy atom. The van der Waals surface area contributed by atoms with Crippen molar-refractivity contribution in [1.82, 2.24) is 25.2 Å². The number of anilines is 1. The summed E-state index contributed by atoms with van der Waals surface area (Å²) in [5.41, 5.74) is 1.96. The summed E-state index contributed by atoms with van der Waals surface area (Å²) >= 11 is 0. The van der Waals surface area contributed by atoms with Crippen molar-refractivity contribution in [3.05, 3.63) is 70.5 Å². The summed E-state index contributed by atoms with van der Waals surface area (Å²) in [7, 11) is 1.74.